The molecule has 0 aliphatic carbocycles. The van der Waals surface area contributed by atoms with E-state index in [-0.39, 0.29) is 0 Å². The van der Waals surface area contributed by atoms with Gasteiger partial charge in [-0.15, -0.1) is 11.3 Å². The highest BCUT2D eigenvalue weighted by molar-refractivity contribution is 7.13. The van der Waals surface area contributed by atoms with Crippen LogP contribution in [0.2, 0.25) is 0 Å². The largest absolute Gasteiger partial charge is 0.288 e. The molecule has 1 aromatic rings. The van der Waals surface area contributed by atoms with Crippen molar-refractivity contribution in [2.75, 3.05) is 0 Å². The molecule has 1 aromatic heterocycles. The van der Waals surface area contributed by atoms with Crippen molar-refractivity contribution in [2.45, 2.75) is 6.92 Å². The van der Waals surface area contributed by atoms with Crippen molar-refractivity contribution in [3.8, 4) is 0 Å². The van der Waals surface area contributed by atoms with Crippen LogP contribution in [0.4, 0.5) is 0 Å². The van der Waals surface area contributed by atoms with Crippen LogP contribution in [-0.4, -0.2) is 11.1 Å². The van der Waals surface area contributed by atoms with Gasteiger partial charge in [0.1, 0.15) is 0 Å². The van der Waals surface area contributed by atoms with Gasteiger partial charge in [-0.3, -0.25) is 10.0 Å². The van der Waals surface area contributed by atoms with Gasteiger partial charge in [-0.05, 0) is 19.1 Å². The van der Waals surface area contributed by atoms with Gasteiger partial charge in [-0.25, -0.2) is 5.48 Å². The van der Waals surface area contributed by atoms with Gasteiger partial charge in [0.2, 0.25) is 0 Å². The highest BCUT2D eigenvalue weighted by Gasteiger charge is 2.04. The Bertz CT molecular complexity index is 244. The zero-order valence-electron chi connectivity index (χ0n) is 5.42. The van der Waals surface area contributed by atoms with E-state index in [0.29, 0.717) is 4.88 Å². The predicted octanol–water partition coefficient (Wildman–Crippen LogP) is 1.18. The van der Waals surface area contributed by atoms with Crippen LogP contribution in [-0.2, 0) is 0 Å². The van der Waals surface area contributed by atoms with Gasteiger partial charge in [0.05, 0.1) is 4.88 Å². The summed E-state index contributed by atoms with van der Waals surface area (Å²) in [4.78, 5) is 12.3. The Balaban J connectivity index is 2.85. The molecule has 0 radical (unpaired) electrons. The molecule has 1 rings (SSSR count). The molecule has 0 spiro atoms. The fraction of sp³-hybridized carbons (Fsp3) is 0.167. The summed E-state index contributed by atoms with van der Waals surface area (Å²) in [6.07, 6.45) is 0. The van der Waals surface area contributed by atoms with Gasteiger partial charge < -0.3 is 0 Å². The fourth-order valence-corrected chi connectivity index (χ4v) is 1.37. The summed E-state index contributed by atoms with van der Waals surface area (Å²) in [5.41, 5.74) is 1.57. The molecule has 0 atom stereocenters. The molecule has 1 heterocycles. The molecule has 4 heteroatoms. The minimum atomic E-state index is -0.446. The first-order chi connectivity index (χ1) is 4.74. The fourth-order valence-electron chi connectivity index (χ4n) is 0.612. The van der Waals surface area contributed by atoms with E-state index in [1.807, 2.05) is 13.0 Å². The highest BCUT2D eigenvalue weighted by Crippen LogP contribution is 2.13. The van der Waals surface area contributed by atoms with Crippen molar-refractivity contribution in [3.05, 3.63) is 21.9 Å². The minimum Gasteiger partial charge on any atom is -0.288 e. The molecule has 1 amide bonds. The minimum absolute atomic E-state index is 0.446. The maximum Gasteiger partial charge on any atom is 0.284 e. The van der Waals surface area contributed by atoms with Crippen LogP contribution >= 0.6 is 11.3 Å². The molecule has 10 heavy (non-hydrogen) atoms. The number of thiophene rings is 1. The number of hydrogen-bond donors (Lipinski definition) is 2. The molecule has 3 nitrogen and oxygen atoms in total. The Hall–Kier alpha value is -0.870. The Morgan fingerprint density at radius 1 is 1.70 bits per heavy atom. The van der Waals surface area contributed by atoms with Crippen molar-refractivity contribution in [1.82, 2.24) is 5.48 Å². The average Bonchev–Trinajstić information content (AvgIpc) is 2.34. The van der Waals surface area contributed by atoms with Gasteiger partial charge in [0, 0.05) is 4.88 Å². The van der Waals surface area contributed by atoms with E-state index < -0.39 is 5.91 Å². The molecular formula is C6H7NO2S. The normalized spacial score (nSPS) is 9.40. The van der Waals surface area contributed by atoms with Crippen LogP contribution in [0.3, 0.4) is 0 Å². The van der Waals surface area contributed by atoms with Crippen LogP contribution in [0.5, 0.6) is 0 Å². The van der Waals surface area contributed by atoms with Gasteiger partial charge >= 0.3 is 0 Å². The maximum atomic E-state index is 10.7. The predicted molar refractivity (Wildman–Crippen MR) is 38.3 cm³/mol. The third-order valence-corrected chi connectivity index (χ3v) is 2.07. The second-order valence-corrected chi connectivity index (χ2v) is 3.14. The summed E-state index contributed by atoms with van der Waals surface area (Å²) >= 11 is 1.35. The molecular weight excluding hydrogens is 150 g/mol. The van der Waals surface area contributed by atoms with Crippen LogP contribution in [0.25, 0.3) is 0 Å². The van der Waals surface area contributed by atoms with Crippen molar-refractivity contribution < 1.29 is 10.0 Å². The SMILES string of the molecule is Cc1ccc(C(=O)NO)s1. The number of nitrogens with one attached hydrogen (secondary N) is 1. The lowest BCUT2D eigenvalue weighted by molar-refractivity contribution is 0.0711. The first-order valence-electron chi connectivity index (χ1n) is 2.75. The first-order valence-corrected chi connectivity index (χ1v) is 3.56. The number of carbonyl (C=O) groups excluding carboxylic acids is 1. The topological polar surface area (TPSA) is 49.3 Å². The smallest absolute Gasteiger partial charge is 0.284 e. The number of aryl methyl sites for hydroxylation is 1. The lowest BCUT2D eigenvalue weighted by Crippen LogP contribution is -2.16. The molecule has 0 bridgehead atoms. The first kappa shape index (κ1) is 7.24. The monoisotopic (exact) mass is 157 g/mol. The lowest BCUT2D eigenvalue weighted by Gasteiger charge is -1.89. The molecule has 0 aliphatic rings. The summed E-state index contributed by atoms with van der Waals surface area (Å²) < 4.78 is 0. The lowest BCUT2D eigenvalue weighted by atomic mass is 10.4. The van der Waals surface area contributed by atoms with E-state index in [2.05, 4.69) is 0 Å². The summed E-state index contributed by atoms with van der Waals surface area (Å²) in [7, 11) is 0. The van der Waals surface area contributed by atoms with Gasteiger partial charge in [0.25, 0.3) is 5.91 Å². The van der Waals surface area contributed by atoms with E-state index in [9.17, 15) is 4.79 Å². The molecule has 0 saturated heterocycles. The zero-order chi connectivity index (χ0) is 7.56. The Kier molecular flexibility index (Phi) is 2.03. The molecule has 54 valence electrons. The molecule has 0 saturated carbocycles. The van der Waals surface area contributed by atoms with Crippen LogP contribution < -0.4 is 5.48 Å². The summed E-state index contributed by atoms with van der Waals surface area (Å²) in [6, 6.07) is 3.50. The Morgan fingerprint density at radius 3 is 2.80 bits per heavy atom. The number of carbonyl (C=O) groups is 1. The van der Waals surface area contributed by atoms with Crippen molar-refractivity contribution in [1.29, 1.82) is 0 Å². The summed E-state index contributed by atoms with van der Waals surface area (Å²) in [6.45, 7) is 1.90. The van der Waals surface area contributed by atoms with Gasteiger partial charge in [-0.1, -0.05) is 0 Å². The second kappa shape index (κ2) is 2.81. The maximum absolute atomic E-state index is 10.7. The second-order valence-electron chi connectivity index (χ2n) is 1.85. The summed E-state index contributed by atoms with van der Waals surface area (Å²) in [5, 5.41) is 8.20. The van der Waals surface area contributed by atoms with E-state index >= 15 is 0 Å². The van der Waals surface area contributed by atoms with Crippen molar-refractivity contribution in [2.24, 2.45) is 0 Å². The summed E-state index contributed by atoms with van der Waals surface area (Å²) in [5.74, 6) is -0.446. The standard InChI is InChI=1S/C6H7NO2S/c1-4-2-3-5(10-4)6(8)7-9/h2-3,9H,1H3,(H,7,8). The average molecular weight is 157 g/mol. The molecule has 0 aliphatic heterocycles. The number of hydrogen-bond acceptors (Lipinski definition) is 3. The number of amides is 1. The van der Waals surface area contributed by atoms with E-state index in [1.54, 1.807) is 11.5 Å². The van der Waals surface area contributed by atoms with Crippen LogP contribution in [0.15, 0.2) is 12.1 Å². The van der Waals surface area contributed by atoms with E-state index in [1.165, 1.54) is 11.3 Å². The van der Waals surface area contributed by atoms with Crippen LogP contribution in [0, 0.1) is 6.92 Å². The Morgan fingerprint density at radius 2 is 2.40 bits per heavy atom. The zero-order valence-corrected chi connectivity index (χ0v) is 6.23. The van der Waals surface area contributed by atoms with E-state index in [0.717, 1.165) is 4.88 Å². The Labute approximate surface area is 62.3 Å². The van der Waals surface area contributed by atoms with Gasteiger partial charge in [0.15, 0.2) is 0 Å². The third-order valence-electron chi connectivity index (χ3n) is 1.07. The molecule has 0 unspecified atom stereocenters. The molecule has 0 fully saturated rings. The number of rotatable bonds is 1. The highest BCUT2D eigenvalue weighted by atomic mass is 32.1. The quantitative estimate of drug-likeness (QED) is 0.475. The third kappa shape index (κ3) is 1.34. The van der Waals surface area contributed by atoms with Crippen LogP contribution in [0.1, 0.15) is 14.5 Å². The van der Waals surface area contributed by atoms with Gasteiger partial charge in [-0.2, -0.15) is 0 Å². The van der Waals surface area contributed by atoms with Crippen molar-refractivity contribution in [3.63, 3.8) is 0 Å². The van der Waals surface area contributed by atoms with E-state index in [4.69, 9.17) is 5.21 Å². The molecule has 0 aromatic carbocycles. The van der Waals surface area contributed by atoms with Crippen molar-refractivity contribution >= 4 is 17.2 Å². The molecule has 2 N–H and O–H groups in total. The number of hydroxylamine groups is 1.